The number of nitrogens with one attached hydrogen (secondary N) is 1. The highest BCUT2D eigenvalue weighted by atomic mass is 16.7. The molecule has 0 saturated carbocycles. The van der Waals surface area contributed by atoms with E-state index in [0.717, 1.165) is 42.5 Å². The van der Waals surface area contributed by atoms with E-state index in [1.54, 1.807) is 0 Å². The van der Waals surface area contributed by atoms with Gasteiger partial charge < -0.3 is 14.8 Å². The molecule has 0 bridgehead atoms. The Morgan fingerprint density at radius 2 is 1.68 bits per heavy atom. The Morgan fingerprint density at radius 1 is 0.920 bits per heavy atom. The molecule has 2 aromatic rings. The molecule has 1 aliphatic heterocycles. The summed E-state index contributed by atoms with van der Waals surface area (Å²) in [6.07, 6.45) is 4.36. The molecule has 1 fully saturated rings. The highest BCUT2D eigenvalue weighted by molar-refractivity contribution is 5.91. The fraction of sp³-hybridized carbons (Fsp3) is 0.381. The second-order valence-electron chi connectivity index (χ2n) is 6.27. The van der Waals surface area contributed by atoms with Gasteiger partial charge in [0.15, 0.2) is 6.29 Å². The Labute approximate surface area is 149 Å². The third-order valence-corrected chi connectivity index (χ3v) is 4.29. The van der Waals surface area contributed by atoms with Crippen molar-refractivity contribution in [2.24, 2.45) is 0 Å². The zero-order valence-electron chi connectivity index (χ0n) is 14.4. The average molecular weight is 339 g/mol. The van der Waals surface area contributed by atoms with Gasteiger partial charge in [-0.2, -0.15) is 0 Å². The number of unbranched alkanes of at least 4 members (excludes halogenated alkanes) is 2. The minimum Gasteiger partial charge on any atom is -0.350 e. The molecule has 1 amide bonds. The molecule has 0 spiro atoms. The van der Waals surface area contributed by atoms with Gasteiger partial charge in [0.05, 0.1) is 13.2 Å². The number of carbonyl (C=O) groups excluding carboxylic acids is 1. The number of hydrogen-bond acceptors (Lipinski definition) is 3. The van der Waals surface area contributed by atoms with Crippen LogP contribution in [-0.2, 0) is 14.3 Å². The molecule has 2 aromatic carbocycles. The maximum absolute atomic E-state index is 12.1. The lowest BCUT2D eigenvalue weighted by atomic mass is 10.1. The average Bonchev–Trinajstić information content (AvgIpc) is 3.16. The summed E-state index contributed by atoms with van der Waals surface area (Å²) in [7, 11) is 0. The van der Waals surface area contributed by atoms with E-state index < -0.39 is 0 Å². The summed E-state index contributed by atoms with van der Waals surface area (Å²) in [4.78, 5) is 12.1. The van der Waals surface area contributed by atoms with Crippen molar-refractivity contribution in [3.05, 3.63) is 54.6 Å². The molecular weight excluding hydrogens is 314 g/mol. The lowest BCUT2D eigenvalue weighted by molar-refractivity contribution is -0.116. The summed E-state index contributed by atoms with van der Waals surface area (Å²) in [5, 5.41) is 3.00. The number of ether oxygens (including phenoxy) is 2. The van der Waals surface area contributed by atoms with Crippen molar-refractivity contribution < 1.29 is 14.3 Å². The standard InChI is InChI=1S/C21H25NO3/c23-20(12-5-2-6-13-21-24-14-15-25-21)22-19-11-7-10-18(16-19)17-8-3-1-4-9-17/h1,3-4,7-11,16,21H,2,5-6,12-15H2,(H,22,23). The first-order valence-corrected chi connectivity index (χ1v) is 9.00. The lowest BCUT2D eigenvalue weighted by Gasteiger charge is -2.09. The summed E-state index contributed by atoms with van der Waals surface area (Å²) in [5.41, 5.74) is 3.10. The Kier molecular flexibility index (Phi) is 6.60. The molecule has 1 N–H and O–H groups in total. The molecule has 3 rings (SSSR count). The van der Waals surface area contributed by atoms with E-state index >= 15 is 0 Å². The van der Waals surface area contributed by atoms with Crippen molar-refractivity contribution >= 4 is 11.6 Å². The predicted octanol–water partition coefficient (Wildman–Crippen LogP) is 4.62. The molecule has 25 heavy (non-hydrogen) atoms. The van der Waals surface area contributed by atoms with Gasteiger partial charge in [-0.15, -0.1) is 0 Å². The van der Waals surface area contributed by atoms with E-state index in [9.17, 15) is 4.79 Å². The Balaban J connectivity index is 1.40. The first kappa shape index (κ1) is 17.6. The van der Waals surface area contributed by atoms with E-state index in [1.165, 1.54) is 0 Å². The van der Waals surface area contributed by atoms with Gasteiger partial charge in [0, 0.05) is 12.1 Å². The molecule has 0 radical (unpaired) electrons. The summed E-state index contributed by atoms with van der Waals surface area (Å²) in [5.74, 6) is 0.0681. The minimum atomic E-state index is -0.0328. The molecule has 0 unspecified atom stereocenters. The quantitative estimate of drug-likeness (QED) is 0.714. The molecular formula is C21H25NO3. The van der Waals surface area contributed by atoms with Crippen molar-refractivity contribution in [1.82, 2.24) is 0 Å². The SMILES string of the molecule is O=C(CCCCCC1OCCO1)Nc1cccc(-c2ccccc2)c1. The highest BCUT2D eigenvalue weighted by Crippen LogP contribution is 2.22. The van der Waals surface area contributed by atoms with Crippen LogP contribution in [-0.4, -0.2) is 25.4 Å². The van der Waals surface area contributed by atoms with E-state index in [2.05, 4.69) is 23.5 Å². The zero-order valence-corrected chi connectivity index (χ0v) is 14.4. The molecule has 4 heteroatoms. The van der Waals surface area contributed by atoms with Crippen LogP contribution in [0, 0.1) is 0 Å². The number of anilines is 1. The molecule has 0 aliphatic carbocycles. The van der Waals surface area contributed by atoms with Crippen LogP contribution in [0.3, 0.4) is 0 Å². The number of benzene rings is 2. The van der Waals surface area contributed by atoms with E-state index in [-0.39, 0.29) is 12.2 Å². The van der Waals surface area contributed by atoms with Crippen molar-refractivity contribution in [2.45, 2.75) is 38.4 Å². The fourth-order valence-corrected chi connectivity index (χ4v) is 2.98. The third-order valence-electron chi connectivity index (χ3n) is 4.29. The first-order chi connectivity index (χ1) is 12.3. The van der Waals surface area contributed by atoms with Gasteiger partial charge in [0.25, 0.3) is 0 Å². The Bertz CT molecular complexity index is 666. The fourth-order valence-electron chi connectivity index (χ4n) is 2.98. The van der Waals surface area contributed by atoms with Crippen molar-refractivity contribution in [2.75, 3.05) is 18.5 Å². The Morgan fingerprint density at radius 3 is 2.48 bits per heavy atom. The van der Waals surface area contributed by atoms with E-state index in [1.807, 2.05) is 36.4 Å². The number of amides is 1. The summed E-state index contributed by atoms with van der Waals surface area (Å²) >= 11 is 0. The maximum atomic E-state index is 12.1. The van der Waals surface area contributed by atoms with Crippen LogP contribution >= 0.6 is 0 Å². The molecule has 1 aliphatic rings. The van der Waals surface area contributed by atoms with Crippen molar-refractivity contribution in [1.29, 1.82) is 0 Å². The molecule has 0 atom stereocenters. The van der Waals surface area contributed by atoms with E-state index in [0.29, 0.717) is 19.6 Å². The summed E-state index contributed by atoms with van der Waals surface area (Å²) < 4.78 is 10.8. The maximum Gasteiger partial charge on any atom is 0.224 e. The van der Waals surface area contributed by atoms with Crippen LogP contribution in [0.4, 0.5) is 5.69 Å². The number of rotatable bonds is 8. The predicted molar refractivity (Wildman–Crippen MR) is 99.3 cm³/mol. The minimum absolute atomic E-state index is 0.0328. The summed E-state index contributed by atoms with van der Waals surface area (Å²) in [6, 6.07) is 18.1. The Hall–Kier alpha value is -2.17. The molecule has 1 saturated heterocycles. The number of carbonyl (C=O) groups is 1. The van der Waals surface area contributed by atoms with Gasteiger partial charge in [-0.3, -0.25) is 4.79 Å². The lowest BCUT2D eigenvalue weighted by Crippen LogP contribution is -2.11. The summed E-state index contributed by atoms with van der Waals surface area (Å²) in [6.45, 7) is 1.41. The monoisotopic (exact) mass is 339 g/mol. The topological polar surface area (TPSA) is 47.6 Å². The van der Waals surface area contributed by atoms with Gasteiger partial charge in [-0.25, -0.2) is 0 Å². The van der Waals surface area contributed by atoms with Crippen LogP contribution in [0.5, 0.6) is 0 Å². The van der Waals surface area contributed by atoms with Crippen LogP contribution in [0.15, 0.2) is 54.6 Å². The second kappa shape index (κ2) is 9.35. The van der Waals surface area contributed by atoms with Crippen LogP contribution in [0.25, 0.3) is 11.1 Å². The third kappa shape index (κ3) is 5.69. The normalized spacial score (nSPS) is 14.6. The smallest absolute Gasteiger partial charge is 0.224 e. The highest BCUT2D eigenvalue weighted by Gasteiger charge is 2.14. The van der Waals surface area contributed by atoms with Gasteiger partial charge in [-0.05, 0) is 42.5 Å². The van der Waals surface area contributed by atoms with Gasteiger partial charge in [0.2, 0.25) is 5.91 Å². The second-order valence-corrected chi connectivity index (χ2v) is 6.27. The van der Waals surface area contributed by atoms with Gasteiger partial charge in [-0.1, -0.05) is 48.9 Å². The largest absolute Gasteiger partial charge is 0.350 e. The van der Waals surface area contributed by atoms with Gasteiger partial charge in [0.1, 0.15) is 0 Å². The van der Waals surface area contributed by atoms with Crippen molar-refractivity contribution in [3.63, 3.8) is 0 Å². The van der Waals surface area contributed by atoms with Gasteiger partial charge >= 0.3 is 0 Å². The molecule has 4 nitrogen and oxygen atoms in total. The first-order valence-electron chi connectivity index (χ1n) is 9.00. The molecule has 1 heterocycles. The zero-order chi connectivity index (χ0) is 17.3. The van der Waals surface area contributed by atoms with E-state index in [4.69, 9.17) is 9.47 Å². The number of hydrogen-bond donors (Lipinski definition) is 1. The van der Waals surface area contributed by atoms with Crippen LogP contribution in [0.2, 0.25) is 0 Å². The van der Waals surface area contributed by atoms with Crippen LogP contribution in [0.1, 0.15) is 32.1 Å². The van der Waals surface area contributed by atoms with Crippen LogP contribution < -0.4 is 5.32 Å². The molecule has 132 valence electrons. The molecule has 0 aromatic heterocycles. The van der Waals surface area contributed by atoms with Crippen molar-refractivity contribution in [3.8, 4) is 11.1 Å².